The first-order valence-corrected chi connectivity index (χ1v) is 8.11. The lowest BCUT2D eigenvalue weighted by Gasteiger charge is -2.12. The second-order valence-corrected chi connectivity index (χ2v) is 5.70. The van der Waals surface area contributed by atoms with E-state index in [-0.39, 0.29) is 5.57 Å². The van der Waals surface area contributed by atoms with Crippen molar-refractivity contribution < 1.29 is 14.3 Å². The quantitative estimate of drug-likeness (QED) is 0.672. The van der Waals surface area contributed by atoms with Crippen molar-refractivity contribution in [2.24, 2.45) is 0 Å². The molecule has 0 radical (unpaired) electrons. The predicted octanol–water partition coefficient (Wildman–Crippen LogP) is 2.64. The van der Waals surface area contributed by atoms with Crippen molar-refractivity contribution >= 4 is 23.7 Å². The van der Waals surface area contributed by atoms with E-state index in [0.29, 0.717) is 12.4 Å². The third-order valence-corrected chi connectivity index (χ3v) is 3.74. The number of ether oxygens (including phenoxy) is 1. The minimum Gasteiger partial charge on any atom is -0.493 e. The van der Waals surface area contributed by atoms with Crippen molar-refractivity contribution in [3.63, 3.8) is 0 Å². The average molecular weight is 337 g/mol. The van der Waals surface area contributed by atoms with Crippen LogP contribution in [0.1, 0.15) is 24.5 Å². The van der Waals surface area contributed by atoms with E-state index in [4.69, 9.17) is 4.74 Å². The van der Waals surface area contributed by atoms with Gasteiger partial charge in [-0.05, 0) is 54.8 Å². The first kappa shape index (κ1) is 16.7. The molecular formula is C19H19N3O3. The molecule has 1 N–H and O–H groups in total. The number of nitrogens with one attached hydrogen (secondary N) is 1. The molecule has 0 aliphatic carbocycles. The molecule has 1 aliphatic rings. The van der Waals surface area contributed by atoms with E-state index in [0.717, 1.165) is 28.3 Å². The van der Waals surface area contributed by atoms with Crippen LogP contribution in [0.3, 0.4) is 0 Å². The summed E-state index contributed by atoms with van der Waals surface area (Å²) < 4.78 is 5.64. The van der Waals surface area contributed by atoms with E-state index in [1.165, 1.54) is 0 Å². The van der Waals surface area contributed by atoms with Gasteiger partial charge in [0.2, 0.25) is 0 Å². The normalized spacial score (nSPS) is 15.6. The Hall–Kier alpha value is -3.15. The number of hydrogen-bond donors (Lipinski definition) is 1. The van der Waals surface area contributed by atoms with Gasteiger partial charge in [-0.15, -0.1) is 0 Å². The van der Waals surface area contributed by atoms with Gasteiger partial charge in [0.05, 0.1) is 6.61 Å². The van der Waals surface area contributed by atoms with Gasteiger partial charge in [-0.25, -0.2) is 4.98 Å². The Labute approximate surface area is 146 Å². The number of hydrogen-bond acceptors (Lipinski definition) is 4. The van der Waals surface area contributed by atoms with Gasteiger partial charge < -0.3 is 4.74 Å². The predicted molar refractivity (Wildman–Crippen MR) is 94.8 cm³/mol. The number of rotatable bonds is 5. The standard InChI is InChI=1S/C19H19N3O3/c1-3-10-25-16-8-7-14(11-13(16)2)12-15-18(23)21-22(19(15)24)17-6-4-5-9-20-17/h4-9,11-12H,3,10H2,1-2H3,(H,21,23)/b15-12-. The van der Waals surface area contributed by atoms with Crippen LogP contribution in [0.15, 0.2) is 48.2 Å². The van der Waals surface area contributed by atoms with Crippen LogP contribution in [0, 0.1) is 6.92 Å². The first-order valence-electron chi connectivity index (χ1n) is 8.11. The number of pyridine rings is 1. The maximum absolute atomic E-state index is 12.5. The fourth-order valence-electron chi connectivity index (χ4n) is 2.51. The Morgan fingerprint density at radius 2 is 2.08 bits per heavy atom. The third kappa shape index (κ3) is 3.52. The van der Waals surface area contributed by atoms with Crippen LogP contribution in [0.25, 0.3) is 6.08 Å². The lowest BCUT2D eigenvalue weighted by atomic mass is 10.1. The molecule has 2 aromatic rings. The van der Waals surface area contributed by atoms with Crippen molar-refractivity contribution in [3.8, 4) is 5.75 Å². The first-order chi connectivity index (χ1) is 12.1. The van der Waals surface area contributed by atoms with Crippen molar-refractivity contribution in [1.82, 2.24) is 10.4 Å². The number of carbonyl (C=O) groups excluding carboxylic acids is 2. The van der Waals surface area contributed by atoms with E-state index >= 15 is 0 Å². The van der Waals surface area contributed by atoms with E-state index in [2.05, 4.69) is 10.4 Å². The van der Waals surface area contributed by atoms with Gasteiger partial charge in [0, 0.05) is 6.20 Å². The summed E-state index contributed by atoms with van der Waals surface area (Å²) in [6.45, 7) is 4.64. The SMILES string of the molecule is CCCOc1ccc(/C=C2/C(=O)NN(c3ccccn3)C2=O)cc1C. The minimum absolute atomic E-state index is 0.0762. The second kappa shape index (κ2) is 7.17. The van der Waals surface area contributed by atoms with Crippen LogP contribution >= 0.6 is 0 Å². The average Bonchev–Trinajstić information content (AvgIpc) is 2.90. The molecule has 3 rings (SSSR count). The molecule has 0 spiro atoms. The van der Waals surface area contributed by atoms with Crippen LogP contribution in [0.2, 0.25) is 0 Å². The molecule has 0 saturated carbocycles. The monoisotopic (exact) mass is 337 g/mol. The van der Waals surface area contributed by atoms with Crippen molar-refractivity contribution in [1.29, 1.82) is 0 Å². The van der Waals surface area contributed by atoms with Crippen LogP contribution < -0.4 is 15.2 Å². The van der Waals surface area contributed by atoms with Crippen LogP contribution in [-0.2, 0) is 9.59 Å². The second-order valence-electron chi connectivity index (χ2n) is 5.70. The number of carbonyl (C=O) groups is 2. The number of hydrazine groups is 1. The fraction of sp³-hybridized carbons (Fsp3) is 0.211. The zero-order valence-electron chi connectivity index (χ0n) is 14.2. The van der Waals surface area contributed by atoms with E-state index in [9.17, 15) is 9.59 Å². The highest BCUT2D eigenvalue weighted by Gasteiger charge is 2.35. The largest absolute Gasteiger partial charge is 0.493 e. The van der Waals surface area contributed by atoms with Crippen molar-refractivity contribution in [2.45, 2.75) is 20.3 Å². The molecule has 1 aromatic carbocycles. The van der Waals surface area contributed by atoms with Gasteiger partial charge in [0.1, 0.15) is 11.3 Å². The fourth-order valence-corrected chi connectivity index (χ4v) is 2.51. The van der Waals surface area contributed by atoms with Crippen molar-refractivity contribution in [2.75, 3.05) is 11.6 Å². The highest BCUT2D eigenvalue weighted by atomic mass is 16.5. The Balaban J connectivity index is 1.85. The van der Waals surface area contributed by atoms with Crippen LogP contribution in [0.4, 0.5) is 5.82 Å². The molecular weight excluding hydrogens is 318 g/mol. The molecule has 25 heavy (non-hydrogen) atoms. The van der Waals surface area contributed by atoms with Crippen LogP contribution in [0.5, 0.6) is 5.75 Å². The molecule has 6 heteroatoms. The molecule has 1 fully saturated rings. The topological polar surface area (TPSA) is 71.5 Å². The number of benzene rings is 1. The molecule has 128 valence electrons. The Kier molecular flexibility index (Phi) is 4.79. The Morgan fingerprint density at radius 3 is 2.76 bits per heavy atom. The maximum atomic E-state index is 12.5. The summed E-state index contributed by atoms with van der Waals surface area (Å²) in [5, 5.41) is 1.15. The zero-order chi connectivity index (χ0) is 17.8. The molecule has 2 heterocycles. The van der Waals surface area contributed by atoms with Crippen LogP contribution in [-0.4, -0.2) is 23.4 Å². The summed E-state index contributed by atoms with van der Waals surface area (Å²) in [6.07, 6.45) is 4.08. The van der Waals surface area contributed by atoms with Gasteiger partial charge in [-0.1, -0.05) is 19.1 Å². The van der Waals surface area contributed by atoms with Gasteiger partial charge in [-0.2, -0.15) is 5.01 Å². The smallest absolute Gasteiger partial charge is 0.284 e. The number of nitrogens with zero attached hydrogens (tertiary/aromatic N) is 2. The molecule has 1 saturated heterocycles. The van der Waals surface area contributed by atoms with Gasteiger partial charge in [0.25, 0.3) is 11.8 Å². The molecule has 0 bridgehead atoms. The van der Waals surface area contributed by atoms with E-state index in [1.54, 1.807) is 30.5 Å². The Bertz CT molecular complexity index is 831. The molecule has 6 nitrogen and oxygen atoms in total. The number of aryl methyl sites for hydroxylation is 1. The van der Waals surface area contributed by atoms with Gasteiger partial charge in [-0.3, -0.25) is 15.0 Å². The third-order valence-electron chi connectivity index (χ3n) is 3.74. The van der Waals surface area contributed by atoms with E-state index < -0.39 is 11.8 Å². The molecule has 1 aliphatic heterocycles. The molecule has 0 unspecified atom stereocenters. The molecule has 1 aromatic heterocycles. The van der Waals surface area contributed by atoms with Gasteiger partial charge in [0.15, 0.2) is 5.82 Å². The Morgan fingerprint density at radius 1 is 1.24 bits per heavy atom. The molecule has 2 amide bonds. The summed E-state index contributed by atoms with van der Waals surface area (Å²) in [7, 11) is 0. The minimum atomic E-state index is -0.445. The summed E-state index contributed by atoms with van der Waals surface area (Å²) in [6, 6.07) is 10.7. The van der Waals surface area contributed by atoms with Crippen molar-refractivity contribution in [3.05, 3.63) is 59.3 Å². The van der Waals surface area contributed by atoms with E-state index in [1.807, 2.05) is 32.0 Å². The summed E-state index contributed by atoms with van der Waals surface area (Å²) >= 11 is 0. The lowest BCUT2D eigenvalue weighted by Crippen LogP contribution is -2.36. The highest BCUT2D eigenvalue weighted by molar-refractivity contribution is 6.31. The molecule has 0 atom stereocenters. The maximum Gasteiger partial charge on any atom is 0.284 e. The number of aromatic nitrogens is 1. The summed E-state index contributed by atoms with van der Waals surface area (Å²) in [4.78, 5) is 28.8. The lowest BCUT2D eigenvalue weighted by molar-refractivity contribution is -0.117. The number of amides is 2. The number of anilines is 1. The highest BCUT2D eigenvalue weighted by Crippen LogP contribution is 2.23. The summed E-state index contributed by atoms with van der Waals surface area (Å²) in [5.74, 6) is 0.317. The summed E-state index contributed by atoms with van der Waals surface area (Å²) in [5.41, 5.74) is 4.33. The van der Waals surface area contributed by atoms with Gasteiger partial charge >= 0.3 is 0 Å². The zero-order valence-corrected chi connectivity index (χ0v) is 14.2.